The van der Waals surface area contributed by atoms with Gasteiger partial charge in [-0.1, -0.05) is 24.1 Å². The fourth-order valence-electron chi connectivity index (χ4n) is 3.40. The summed E-state index contributed by atoms with van der Waals surface area (Å²) in [6.45, 7) is 1.51. The van der Waals surface area contributed by atoms with Crippen LogP contribution < -0.4 is 0 Å². The summed E-state index contributed by atoms with van der Waals surface area (Å²) in [5.41, 5.74) is 0.0257. The smallest absolute Gasteiger partial charge is 0.288 e. The molecule has 1 aliphatic heterocycles. The molecule has 5 nitrogen and oxygen atoms in total. The van der Waals surface area contributed by atoms with Gasteiger partial charge in [-0.3, -0.25) is 14.9 Å². The third kappa shape index (κ3) is 2.16. The summed E-state index contributed by atoms with van der Waals surface area (Å²) in [7, 11) is 0. The molecule has 2 aliphatic rings. The second-order valence-electron chi connectivity index (χ2n) is 5.56. The largest absolute Gasteiger partial charge is 0.338 e. The van der Waals surface area contributed by atoms with Crippen molar-refractivity contribution in [2.45, 2.75) is 19.3 Å². The molecule has 0 radical (unpaired) electrons. The molecule has 1 aliphatic carbocycles. The van der Waals surface area contributed by atoms with Crippen molar-refractivity contribution in [1.29, 1.82) is 0 Å². The van der Waals surface area contributed by atoms with Gasteiger partial charge in [0.1, 0.15) is 5.02 Å². The molecule has 0 aromatic heterocycles. The molecule has 0 bridgehead atoms. The zero-order valence-electron chi connectivity index (χ0n) is 10.9. The lowest BCUT2D eigenvalue weighted by Gasteiger charge is -2.18. The van der Waals surface area contributed by atoms with Crippen molar-refractivity contribution in [2.75, 3.05) is 13.1 Å². The van der Waals surface area contributed by atoms with Crippen LogP contribution in [0.5, 0.6) is 0 Å². The third-order valence-electron chi connectivity index (χ3n) is 4.42. The summed E-state index contributed by atoms with van der Waals surface area (Å²) in [5.74, 6) is 1.00. The lowest BCUT2D eigenvalue weighted by molar-refractivity contribution is -0.384. The molecule has 2 fully saturated rings. The number of likely N-dealkylation sites (tertiary alicyclic amines) is 1. The summed E-state index contributed by atoms with van der Waals surface area (Å²) < 4.78 is 0. The fraction of sp³-hybridized carbons (Fsp3) is 0.500. The van der Waals surface area contributed by atoms with Gasteiger partial charge in [0.15, 0.2) is 0 Å². The summed E-state index contributed by atoms with van der Waals surface area (Å²) in [4.78, 5) is 24.6. The molecule has 1 saturated heterocycles. The van der Waals surface area contributed by atoms with E-state index < -0.39 is 4.92 Å². The number of carbonyl (C=O) groups excluding carboxylic acids is 1. The van der Waals surface area contributed by atoms with Crippen LogP contribution in [-0.2, 0) is 0 Å². The van der Waals surface area contributed by atoms with Gasteiger partial charge in [0.05, 0.1) is 10.5 Å². The average molecular weight is 295 g/mol. The second kappa shape index (κ2) is 5.05. The normalized spacial score (nSPS) is 24.8. The topological polar surface area (TPSA) is 63.4 Å². The lowest BCUT2D eigenvalue weighted by Crippen LogP contribution is -2.29. The van der Waals surface area contributed by atoms with Crippen molar-refractivity contribution in [1.82, 2.24) is 4.90 Å². The number of hydrogen-bond donors (Lipinski definition) is 0. The van der Waals surface area contributed by atoms with Crippen LogP contribution in [0.4, 0.5) is 5.69 Å². The molecule has 1 amide bonds. The zero-order valence-corrected chi connectivity index (χ0v) is 11.7. The Hall–Kier alpha value is -1.62. The number of nitrogens with zero attached hydrogens (tertiary/aromatic N) is 2. The summed E-state index contributed by atoms with van der Waals surface area (Å²) >= 11 is 6.01. The van der Waals surface area contributed by atoms with E-state index in [1.165, 1.54) is 31.4 Å². The first kappa shape index (κ1) is 13.4. The molecule has 1 heterocycles. The first-order valence-electron chi connectivity index (χ1n) is 6.80. The number of carbonyl (C=O) groups is 1. The van der Waals surface area contributed by atoms with Crippen LogP contribution in [-0.4, -0.2) is 28.8 Å². The minimum atomic E-state index is -0.558. The van der Waals surface area contributed by atoms with E-state index in [2.05, 4.69) is 0 Å². The maximum Gasteiger partial charge on any atom is 0.288 e. The van der Waals surface area contributed by atoms with Crippen molar-refractivity contribution in [2.24, 2.45) is 11.8 Å². The highest BCUT2D eigenvalue weighted by atomic mass is 35.5. The monoisotopic (exact) mass is 294 g/mol. The average Bonchev–Trinajstić information content (AvgIpc) is 2.98. The minimum absolute atomic E-state index is 0.0560. The van der Waals surface area contributed by atoms with Gasteiger partial charge in [-0.25, -0.2) is 0 Å². The Balaban J connectivity index is 1.85. The van der Waals surface area contributed by atoms with Crippen molar-refractivity contribution in [3.63, 3.8) is 0 Å². The highest BCUT2D eigenvalue weighted by Gasteiger charge is 2.39. The molecule has 1 saturated carbocycles. The molecule has 1 aromatic rings. The standard InChI is InChI=1S/C14H15ClN2O3/c15-13-11(5-2-6-12(13)17(19)20)14(18)16-7-9-3-1-4-10(9)8-16/h2,5-6,9-10H,1,3-4,7-8H2. The Kier molecular flexibility index (Phi) is 3.38. The molecular formula is C14H15ClN2O3. The SMILES string of the molecule is O=C(c1cccc([N+](=O)[O-])c1Cl)N1CC2CCCC2C1. The number of amides is 1. The van der Waals surface area contributed by atoms with E-state index in [-0.39, 0.29) is 22.2 Å². The fourth-order valence-corrected chi connectivity index (χ4v) is 3.67. The van der Waals surface area contributed by atoms with Crippen LogP contribution in [0.1, 0.15) is 29.6 Å². The van der Waals surface area contributed by atoms with Crippen LogP contribution >= 0.6 is 11.6 Å². The molecule has 20 heavy (non-hydrogen) atoms. The maximum absolute atomic E-state index is 12.5. The van der Waals surface area contributed by atoms with Crippen molar-refractivity contribution in [3.05, 3.63) is 38.9 Å². The van der Waals surface area contributed by atoms with E-state index in [9.17, 15) is 14.9 Å². The highest BCUT2D eigenvalue weighted by Crippen LogP contribution is 2.39. The Morgan fingerprint density at radius 2 is 1.95 bits per heavy atom. The van der Waals surface area contributed by atoms with Gasteiger partial charge < -0.3 is 4.90 Å². The molecular weight excluding hydrogens is 280 g/mol. The Bertz CT molecular complexity index is 564. The molecule has 2 atom stereocenters. The van der Waals surface area contributed by atoms with Gasteiger partial charge >= 0.3 is 0 Å². The summed E-state index contributed by atoms with van der Waals surface area (Å²) in [6.07, 6.45) is 3.60. The van der Waals surface area contributed by atoms with Crippen molar-refractivity contribution < 1.29 is 9.72 Å². The minimum Gasteiger partial charge on any atom is -0.338 e. The number of halogens is 1. The van der Waals surface area contributed by atoms with E-state index in [0.29, 0.717) is 11.8 Å². The van der Waals surface area contributed by atoms with Gasteiger partial charge in [0.2, 0.25) is 0 Å². The first-order valence-corrected chi connectivity index (χ1v) is 7.18. The van der Waals surface area contributed by atoms with Gasteiger partial charge in [-0.05, 0) is 30.7 Å². The Labute approximate surface area is 121 Å². The molecule has 6 heteroatoms. The molecule has 0 spiro atoms. The van der Waals surface area contributed by atoms with Crippen LogP contribution in [0.3, 0.4) is 0 Å². The van der Waals surface area contributed by atoms with Gasteiger partial charge in [-0.15, -0.1) is 0 Å². The molecule has 1 aromatic carbocycles. The highest BCUT2D eigenvalue weighted by molar-refractivity contribution is 6.35. The van der Waals surface area contributed by atoms with Gasteiger partial charge in [-0.2, -0.15) is 0 Å². The maximum atomic E-state index is 12.5. The van der Waals surface area contributed by atoms with Crippen LogP contribution in [0.15, 0.2) is 18.2 Å². The molecule has 106 valence electrons. The molecule has 2 unspecified atom stereocenters. The summed E-state index contributed by atoms with van der Waals surface area (Å²) in [6, 6.07) is 4.39. The number of nitro benzene ring substituents is 1. The predicted octanol–water partition coefficient (Wildman–Crippen LogP) is 3.12. The molecule has 0 N–H and O–H groups in total. The lowest BCUT2D eigenvalue weighted by atomic mass is 10.0. The quantitative estimate of drug-likeness (QED) is 0.622. The van der Waals surface area contributed by atoms with Crippen LogP contribution in [0.25, 0.3) is 0 Å². The molecule has 3 rings (SSSR count). The number of rotatable bonds is 2. The van der Waals surface area contributed by atoms with E-state index in [0.717, 1.165) is 13.1 Å². The number of hydrogen-bond acceptors (Lipinski definition) is 3. The number of nitro groups is 1. The van der Waals surface area contributed by atoms with E-state index in [4.69, 9.17) is 11.6 Å². The Morgan fingerprint density at radius 3 is 2.55 bits per heavy atom. The second-order valence-corrected chi connectivity index (χ2v) is 5.93. The van der Waals surface area contributed by atoms with Crippen LogP contribution in [0, 0.1) is 22.0 Å². The van der Waals surface area contributed by atoms with E-state index in [1.54, 1.807) is 11.0 Å². The Morgan fingerprint density at radius 1 is 1.30 bits per heavy atom. The van der Waals surface area contributed by atoms with E-state index >= 15 is 0 Å². The van der Waals surface area contributed by atoms with Crippen molar-refractivity contribution >= 4 is 23.2 Å². The zero-order chi connectivity index (χ0) is 14.3. The number of benzene rings is 1. The third-order valence-corrected chi connectivity index (χ3v) is 4.82. The van der Waals surface area contributed by atoms with Crippen molar-refractivity contribution in [3.8, 4) is 0 Å². The first-order chi connectivity index (χ1) is 9.58. The predicted molar refractivity (Wildman–Crippen MR) is 74.8 cm³/mol. The van der Waals surface area contributed by atoms with Crippen LogP contribution in [0.2, 0.25) is 5.02 Å². The van der Waals surface area contributed by atoms with Gasteiger partial charge in [0.25, 0.3) is 11.6 Å². The summed E-state index contributed by atoms with van der Waals surface area (Å²) in [5, 5.41) is 10.8. The van der Waals surface area contributed by atoms with Gasteiger partial charge in [0, 0.05) is 19.2 Å². The number of fused-ring (bicyclic) bond motifs is 1. The van der Waals surface area contributed by atoms with E-state index in [1.807, 2.05) is 0 Å².